The second kappa shape index (κ2) is 9.84. The highest BCUT2D eigenvalue weighted by molar-refractivity contribution is 6.08. The van der Waals surface area contributed by atoms with E-state index in [0.717, 1.165) is 78.7 Å². The fraction of sp³-hybridized carbons (Fsp3) is 0.333. The van der Waals surface area contributed by atoms with E-state index in [1.807, 2.05) is 59.6 Å². The van der Waals surface area contributed by atoms with E-state index in [0.29, 0.717) is 12.1 Å². The Morgan fingerprint density at radius 2 is 1.83 bits per heavy atom. The van der Waals surface area contributed by atoms with Crippen LogP contribution in [0.5, 0.6) is 0 Å². The van der Waals surface area contributed by atoms with Gasteiger partial charge in [-0.05, 0) is 54.2 Å². The molecule has 1 saturated carbocycles. The van der Waals surface area contributed by atoms with Gasteiger partial charge in [-0.15, -0.1) is 0 Å². The summed E-state index contributed by atoms with van der Waals surface area (Å²) in [5, 5.41) is 9.68. The first-order valence-corrected chi connectivity index (χ1v) is 12.6. The van der Waals surface area contributed by atoms with Crippen LogP contribution in [0.1, 0.15) is 63.0 Å². The number of unbranched alkanes of at least 4 members (excludes halogenated alkanes) is 1. The lowest BCUT2D eigenvalue weighted by molar-refractivity contribution is -0.131. The summed E-state index contributed by atoms with van der Waals surface area (Å²) in [4.78, 5) is 25.0. The van der Waals surface area contributed by atoms with Crippen molar-refractivity contribution in [2.24, 2.45) is 4.99 Å². The highest BCUT2D eigenvalue weighted by atomic mass is 16.2. The van der Waals surface area contributed by atoms with Crippen molar-refractivity contribution in [3.63, 3.8) is 0 Å². The van der Waals surface area contributed by atoms with Gasteiger partial charge in [0.15, 0.2) is 0 Å². The Bertz CT molecular complexity index is 1280. The molecule has 0 radical (unpaired) electrons. The first kappa shape index (κ1) is 23.0. The van der Waals surface area contributed by atoms with Crippen LogP contribution in [-0.2, 0) is 11.3 Å². The number of hydrogen-bond donors (Lipinski definition) is 0. The van der Waals surface area contributed by atoms with Crippen LogP contribution in [0.15, 0.2) is 71.9 Å². The number of pyridine rings is 1. The fourth-order valence-corrected chi connectivity index (χ4v) is 5.22. The van der Waals surface area contributed by atoms with Crippen molar-refractivity contribution in [1.82, 2.24) is 9.88 Å². The third-order valence-electron chi connectivity index (χ3n) is 7.17. The van der Waals surface area contributed by atoms with E-state index in [1.165, 1.54) is 0 Å². The molecule has 0 N–H and O–H groups in total. The molecular weight excluding hydrogens is 432 g/mol. The summed E-state index contributed by atoms with van der Waals surface area (Å²) in [6, 6.07) is 22.2. The number of carbonyl (C=O) groups is 1. The Balaban J connectivity index is 1.40. The molecule has 2 aromatic carbocycles. The number of nitriles is 1. The van der Waals surface area contributed by atoms with Gasteiger partial charge in [-0.2, -0.15) is 5.26 Å². The van der Waals surface area contributed by atoms with Crippen molar-refractivity contribution in [3.8, 4) is 28.5 Å². The average molecular weight is 463 g/mol. The van der Waals surface area contributed by atoms with E-state index in [1.54, 1.807) is 0 Å². The van der Waals surface area contributed by atoms with E-state index >= 15 is 0 Å². The number of amidine groups is 1. The highest BCUT2D eigenvalue weighted by Crippen LogP contribution is 2.40. The predicted molar refractivity (Wildman–Crippen MR) is 139 cm³/mol. The van der Waals surface area contributed by atoms with Gasteiger partial charge in [0.1, 0.15) is 11.4 Å². The molecule has 1 aliphatic carbocycles. The Kier molecular flexibility index (Phi) is 6.46. The van der Waals surface area contributed by atoms with Gasteiger partial charge in [0.2, 0.25) is 0 Å². The monoisotopic (exact) mass is 462 g/mol. The van der Waals surface area contributed by atoms with E-state index in [4.69, 9.17) is 9.98 Å². The lowest BCUT2D eigenvalue weighted by Crippen LogP contribution is -2.40. The van der Waals surface area contributed by atoms with Gasteiger partial charge in [-0.3, -0.25) is 19.7 Å². The van der Waals surface area contributed by atoms with Crippen molar-refractivity contribution in [2.45, 2.75) is 64.0 Å². The maximum atomic E-state index is 13.4. The van der Waals surface area contributed by atoms with Gasteiger partial charge in [0.25, 0.3) is 5.91 Å². The lowest BCUT2D eigenvalue weighted by Gasteiger charge is -2.22. The largest absolute Gasteiger partial charge is 0.294 e. The number of carbonyl (C=O) groups excluding carboxylic acids is 1. The predicted octanol–water partition coefficient (Wildman–Crippen LogP) is 6.53. The number of benzene rings is 2. The Morgan fingerprint density at radius 3 is 2.51 bits per heavy atom. The summed E-state index contributed by atoms with van der Waals surface area (Å²) < 4.78 is 0. The molecule has 0 bridgehead atoms. The standard InChI is InChI=1S/C30H30N4O/c1-2-3-11-28-33-30(16-7-8-17-30)29(35)34(28)21-22-12-15-27(32-20-22)26-18-24(13-14-25(26)19-31)23-9-5-4-6-10-23/h4-6,9-10,12-15,18,20H,2-3,7-8,11,16-17,21H2,1H3. The SMILES string of the molecule is CCCCC1=NC2(CCCC2)C(=O)N1Cc1ccc(-c2cc(-c3ccccc3)ccc2C#N)nc1. The van der Waals surface area contributed by atoms with Crippen LogP contribution in [0.4, 0.5) is 0 Å². The maximum absolute atomic E-state index is 13.4. The number of aliphatic imine (C=N–C) groups is 1. The van der Waals surface area contributed by atoms with Crippen LogP contribution in [0, 0.1) is 11.3 Å². The molecule has 5 nitrogen and oxygen atoms in total. The van der Waals surface area contributed by atoms with Gasteiger partial charge in [-0.1, -0.05) is 68.7 Å². The molecule has 1 aromatic heterocycles. The van der Waals surface area contributed by atoms with Gasteiger partial charge < -0.3 is 0 Å². The van der Waals surface area contributed by atoms with Crippen LogP contribution in [-0.4, -0.2) is 27.2 Å². The fourth-order valence-electron chi connectivity index (χ4n) is 5.22. The molecule has 2 aliphatic rings. The molecule has 176 valence electrons. The zero-order valence-corrected chi connectivity index (χ0v) is 20.2. The highest BCUT2D eigenvalue weighted by Gasteiger charge is 2.49. The molecule has 35 heavy (non-hydrogen) atoms. The second-order valence-electron chi connectivity index (χ2n) is 9.55. The minimum atomic E-state index is -0.518. The molecule has 5 rings (SSSR count). The molecule has 0 atom stereocenters. The third-order valence-corrected chi connectivity index (χ3v) is 7.17. The summed E-state index contributed by atoms with van der Waals surface area (Å²) in [6.45, 7) is 2.66. The molecule has 1 spiro atoms. The summed E-state index contributed by atoms with van der Waals surface area (Å²) >= 11 is 0. The van der Waals surface area contributed by atoms with Gasteiger partial charge >= 0.3 is 0 Å². The summed E-state index contributed by atoms with van der Waals surface area (Å²) in [7, 11) is 0. The van der Waals surface area contributed by atoms with E-state index in [-0.39, 0.29) is 5.91 Å². The molecular formula is C30H30N4O. The third kappa shape index (κ3) is 4.49. The van der Waals surface area contributed by atoms with Crippen molar-refractivity contribution in [2.75, 3.05) is 0 Å². The van der Waals surface area contributed by atoms with Crippen molar-refractivity contribution in [3.05, 3.63) is 78.0 Å². The van der Waals surface area contributed by atoms with Crippen LogP contribution in [0.2, 0.25) is 0 Å². The zero-order valence-electron chi connectivity index (χ0n) is 20.2. The molecule has 1 aliphatic heterocycles. The summed E-state index contributed by atoms with van der Waals surface area (Å²) in [6.07, 6.45) is 8.66. The lowest BCUT2D eigenvalue weighted by atomic mass is 9.97. The minimum Gasteiger partial charge on any atom is -0.294 e. The molecule has 2 heterocycles. The van der Waals surface area contributed by atoms with E-state index < -0.39 is 5.54 Å². The zero-order chi connectivity index (χ0) is 24.3. The number of aromatic nitrogens is 1. The molecule has 1 fully saturated rings. The smallest absolute Gasteiger partial charge is 0.256 e. The Labute approximate surface area is 207 Å². The van der Waals surface area contributed by atoms with Gasteiger partial charge in [-0.25, -0.2) is 0 Å². The summed E-state index contributed by atoms with van der Waals surface area (Å²) in [5.74, 6) is 1.10. The Morgan fingerprint density at radius 1 is 1.03 bits per heavy atom. The quantitative estimate of drug-likeness (QED) is 0.401. The number of hydrogen-bond acceptors (Lipinski definition) is 4. The van der Waals surface area contributed by atoms with Gasteiger partial charge in [0.05, 0.1) is 23.9 Å². The maximum Gasteiger partial charge on any atom is 0.256 e. The van der Waals surface area contributed by atoms with Crippen LogP contribution in [0.3, 0.4) is 0 Å². The second-order valence-corrected chi connectivity index (χ2v) is 9.55. The molecule has 5 heteroatoms. The van der Waals surface area contributed by atoms with E-state index in [9.17, 15) is 10.1 Å². The first-order valence-electron chi connectivity index (χ1n) is 12.6. The normalized spacial score (nSPS) is 16.5. The van der Waals surface area contributed by atoms with Crippen molar-refractivity contribution < 1.29 is 4.79 Å². The summed E-state index contributed by atoms with van der Waals surface area (Å²) in [5.41, 5.74) is 4.76. The average Bonchev–Trinajstić information content (AvgIpc) is 3.48. The van der Waals surface area contributed by atoms with Crippen molar-refractivity contribution >= 4 is 11.7 Å². The number of amides is 1. The number of nitrogens with zero attached hydrogens (tertiary/aromatic N) is 4. The van der Waals surface area contributed by atoms with Gasteiger partial charge in [0, 0.05) is 18.2 Å². The molecule has 0 unspecified atom stereocenters. The minimum absolute atomic E-state index is 0.160. The van der Waals surface area contributed by atoms with Crippen LogP contribution in [0.25, 0.3) is 22.4 Å². The van der Waals surface area contributed by atoms with E-state index in [2.05, 4.69) is 25.1 Å². The molecule has 1 amide bonds. The van der Waals surface area contributed by atoms with Crippen LogP contribution >= 0.6 is 0 Å². The topological polar surface area (TPSA) is 69.3 Å². The van der Waals surface area contributed by atoms with Crippen LogP contribution < -0.4 is 0 Å². The number of rotatable bonds is 7. The first-order chi connectivity index (χ1) is 17.1. The Hall–Kier alpha value is -3.78. The molecule has 3 aromatic rings. The van der Waals surface area contributed by atoms with Crippen molar-refractivity contribution in [1.29, 1.82) is 5.26 Å². The molecule has 0 saturated heterocycles.